The van der Waals surface area contributed by atoms with Crippen molar-refractivity contribution in [2.75, 3.05) is 26.7 Å². The fourth-order valence-electron chi connectivity index (χ4n) is 2.45. The van der Waals surface area contributed by atoms with Crippen molar-refractivity contribution in [3.05, 3.63) is 35.9 Å². The van der Waals surface area contributed by atoms with E-state index in [-0.39, 0.29) is 5.41 Å². The quantitative estimate of drug-likeness (QED) is 0.852. The van der Waals surface area contributed by atoms with Gasteiger partial charge >= 0.3 is 0 Å². The van der Waals surface area contributed by atoms with Crippen LogP contribution in [0.5, 0.6) is 0 Å². The predicted octanol–water partition coefficient (Wildman–Crippen LogP) is 2.63. The maximum atomic E-state index is 6.00. The summed E-state index contributed by atoms with van der Waals surface area (Å²) in [7, 11) is 2.19. The monoisotopic (exact) mass is 234 g/mol. The van der Waals surface area contributed by atoms with Crippen molar-refractivity contribution >= 4 is 0 Å². The summed E-state index contributed by atoms with van der Waals surface area (Å²) in [5, 5.41) is 0. The highest BCUT2D eigenvalue weighted by molar-refractivity contribution is 5.26. The van der Waals surface area contributed by atoms with Gasteiger partial charge in [-0.25, -0.2) is 0 Å². The SMILES string of the molecule is CC.CN1CCC(CN)(c2ccccc2)CC1. The molecule has 0 atom stereocenters. The fraction of sp³-hybridized carbons (Fsp3) is 0.600. The predicted molar refractivity (Wildman–Crippen MR) is 75.3 cm³/mol. The van der Waals surface area contributed by atoms with E-state index in [2.05, 4.69) is 42.3 Å². The van der Waals surface area contributed by atoms with Crippen molar-refractivity contribution in [1.82, 2.24) is 4.90 Å². The van der Waals surface area contributed by atoms with Crippen LogP contribution in [-0.4, -0.2) is 31.6 Å². The molecule has 2 N–H and O–H groups in total. The lowest BCUT2D eigenvalue weighted by Crippen LogP contribution is -2.45. The third kappa shape index (κ3) is 3.30. The molecule has 1 aromatic rings. The molecule has 0 aromatic heterocycles. The second-order valence-electron chi connectivity index (χ2n) is 4.65. The summed E-state index contributed by atoms with van der Waals surface area (Å²) >= 11 is 0. The van der Waals surface area contributed by atoms with Crippen LogP contribution in [0.25, 0.3) is 0 Å². The van der Waals surface area contributed by atoms with Crippen molar-refractivity contribution in [2.24, 2.45) is 5.73 Å². The molecular formula is C15H26N2. The zero-order valence-corrected chi connectivity index (χ0v) is 11.4. The molecule has 96 valence electrons. The number of nitrogens with zero attached hydrogens (tertiary/aromatic N) is 1. The van der Waals surface area contributed by atoms with Gasteiger partial charge in [0.15, 0.2) is 0 Å². The lowest BCUT2D eigenvalue weighted by Gasteiger charge is -2.40. The van der Waals surface area contributed by atoms with Gasteiger partial charge in [0.05, 0.1) is 0 Å². The van der Waals surface area contributed by atoms with Crippen molar-refractivity contribution in [3.63, 3.8) is 0 Å². The lowest BCUT2D eigenvalue weighted by molar-refractivity contribution is 0.191. The van der Waals surface area contributed by atoms with E-state index >= 15 is 0 Å². The minimum atomic E-state index is 0.230. The molecule has 1 aliphatic heterocycles. The molecule has 1 saturated heterocycles. The molecule has 0 saturated carbocycles. The molecule has 1 heterocycles. The maximum Gasteiger partial charge on any atom is 0.00998 e. The number of hydrogen-bond acceptors (Lipinski definition) is 2. The molecular weight excluding hydrogens is 208 g/mol. The first-order chi connectivity index (χ1) is 8.27. The van der Waals surface area contributed by atoms with Crippen molar-refractivity contribution in [1.29, 1.82) is 0 Å². The average molecular weight is 234 g/mol. The van der Waals surface area contributed by atoms with Crippen LogP contribution >= 0.6 is 0 Å². The first-order valence-electron chi connectivity index (χ1n) is 6.71. The Bertz CT molecular complexity index is 300. The van der Waals surface area contributed by atoms with Crippen LogP contribution in [0.1, 0.15) is 32.3 Å². The van der Waals surface area contributed by atoms with Gasteiger partial charge in [-0.05, 0) is 38.5 Å². The molecule has 0 amide bonds. The number of piperidine rings is 1. The third-order valence-electron chi connectivity index (χ3n) is 3.72. The van der Waals surface area contributed by atoms with E-state index in [9.17, 15) is 0 Å². The van der Waals surface area contributed by atoms with Gasteiger partial charge in [0.25, 0.3) is 0 Å². The van der Waals surface area contributed by atoms with E-state index < -0.39 is 0 Å². The van der Waals surface area contributed by atoms with Crippen molar-refractivity contribution in [2.45, 2.75) is 32.1 Å². The zero-order chi connectivity index (χ0) is 12.7. The van der Waals surface area contributed by atoms with E-state index in [0.29, 0.717) is 0 Å². The van der Waals surface area contributed by atoms with Gasteiger partial charge < -0.3 is 10.6 Å². The fourth-order valence-corrected chi connectivity index (χ4v) is 2.45. The van der Waals surface area contributed by atoms with Gasteiger partial charge in [0, 0.05) is 12.0 Å². The van der Waals surface area contributed by atoms with Crippen LogP contribution in [0, 0.1) is 0 Å². The van der Waals surface area contributed by atoms with Crippen molar-refractivity contribution < 1.29 is 0 Å². The molecule has 1 aliphatic rings. The number of benzene rings is 1. The van der Waals surface area contributed by atoms with E-state index in [1.54, 1.807) is 0 Å². The molecule has 2 nitrogen and oxygen atoms in total. The van der Waals surface area contributed by atoms with E-state index in [4.69, 9.17) is 5.73 Å². The Morgan fingerprint density at radius 1 is 1.12 bits per heavy atom. The second kappa shape index (κ2) is 6.77. The Labute approximate surface area is 106 Å². The van der Waals surface area contributed by atoms with Crippen LogP contribution in [0.3, 0.4) is 0 Å². The first-order valence-corrected chi connectivity index (χ1v) is 6.71. The minimum Gasteiger partial charge on any atom is -0.330 e. The Hall–Kier alpha value is -0.860. The second-order valence-corrected chi connectivity index (χ2v) is 4.65. The van der Waals surface area contributed by atoms with Crippen LogP contribution in [0.2, 0.25) is 0 Å². The molecule has 0 spiro atoms. The van der Waals surface area contributed by atoms with Gasteiger partial charge in [-0.15, -0.1) is 0 Å². The molecule has 0 radical (unpaired) electrons. The van der Waals surface area contributed by atoms with E-state index in [1.165, 1.54) is 18.4 Å². The molecule has 0 aliphatic carbocycles. The number of nitrogens with two attached hydrogens (primary N) is 1. The molecule has 2 heteroatoms. The Morgan fingerprint density at radius 2 is 1.65 bits per heavy atom. The summed E-state index contributed by atoms with van der Waals surface area (Å²) in [5.74, 6) is 0. The summed E-state index contributed by atoms with van der Waals surface area (Å²) in [6, 6.07) is 10.7. The topological polar surface area (TPSA) is 29.3 Å². The summed E-state index contributed by atoms with van der Waals surface area (Å²) in [4.78, 5) is 2.39. The Morgan fingerprint density at radius 3 is 2.12 bits per heavy atom. The summed E-state index contributed by atoms with van der Waals surface area (Å²) in [5.41, 5.74) is 7.64. The minimum absolute atomic E-state index is 0.230. The van der Waals surface area contributed by atoms with Gasteiger partial charge in [0.1, 0.15) is 0 Å². The van der Waals surface area contributed by atoms with Gasteiger partial charge in [-0.1, -0.05) is 44.2 Å². The van der Waals surface area contributed by atoms with E-state index in [0.717, 1.165) is 19.6 Å². The average Bonchev–Trinajstić information content (AvgIpc) is 2.43. The molecule has 1 aromatic carbocycles. The summed E-state index contributed by atoms with van der Waals surface area (Å²) in [6.07, 6.45) is 2.37. The highest BCUT2D eigenvalue weighted by Crippen LogP contribution is 2.33. The van der Waals surface area contributed by atoms with Crippen molar-refractivity contribution in [3.8, 4) is 0 Å². The largest absolute Gasteiger partial charge is 0.330 e. The maximum absolute atomic E-state index is 6.00. The van der Waals surface area contributed by atoms with E-state index in [1.807, 2.05) is 13.8 Å². The van der Waals surface area contributed by atoms with Crippen LogP contribution < -0.4 is 5.73 Å². The van der Waals surface area contributed by atoms with Crippen LogP contribution in [0.15, 0.2) is 30.3 Å². The van der Waals surface area contributed by atoms with Crippen LogP contribution in [0.4, 0.5) is 0 Å². The molecule has 0 unspecified atom stereocenters. The summed E-state index contributed by atoms with van der Waals surface area (Å²) < 4.78 is 0. The molecule has 17 heavy (non-hydrogen) atoms. The Kier molecular flexibility index (Phi) is 5.66. The lowest BCUT2D eigenvalue weighted by atomic mass is 9.73. The summed E-state index contributed by atoms with van der Waals surface area (Å²) in [6.45, 7) is 7.09. The molecule has 0 bridgehead atoms. The number of rotatable bonds is 2. The van der Waals surface area contributed by atoms with Gasteiger partial charge in [0.2, 0.25) is 0 Å². The molecule has 1 fully saturated rings. The van der Waals surface area contributed by atoms with Gasteiger partial charge in [-0.3, -0.25) is 0 Å². The highest BCUT2D eigenvalue weighted by Gasteiger charge is 2.33. The smallest absolute Gasteiger partial charge is 0.00998 e. The normalized spacial score (nSPS) is 19.3. The number of likely N-dealkylation sites (tertiary alicyclic amines) is 1. The first kappa shape index (κ1) is 14.2. The zero-order valence-electron chi connectivity index (χ0n) is 11.4. The standard InChI is InChI=1S/C13H20N2.C2H6/c1-15-9-7-13(11-14,8-10-15)12-5-3-2-4-6-12;1-2/h2-6H,7-11,14H2,1H3;1-2H3. The molecule has 2 rings (SSSR count). The Balaban J connectivity index is 0.000000686. The highest BCUT2D eigenvalue weighted by atomic mass is 15.1. The third-order valence-corrected chi connectivity index (χ3v) is 3.72. The number of hydrogen-bond donors (Lipinski definition) is 1. The van der Waals surface area contributed by atoms with Crippen LogP contribution in [-0.2, 0) is 5.41 Å². The van der Waals surface area contributed by atoms with Gasteiger partial charge in [-0.2, -0.15) is 0 Å².